The van der Waals surface area contributed by atoms with Crippen molar-refractivity contribution in [3.8, 4) is 23.0 Å². The fourth-order valence-electron chi connectivity index (χ4n) is 7.28. The monoisotopic (exact) mass is 667 g/mol. The van der Waals surface area contributed by atoms with Crippen LogP contribution in [0, 0.1) is 0 Å². The number of phenols is 1. The number of carbonyl (C=O) groups excluding carboxylic acids is 2. The molecule has 1 aliphatic heterocycles. The van der Waals surface area contributed by atoms with E-state index in [9.17, 15) is 29.1 Å². The van der Waals surface area contributed by atoms with Gasteiger partial charge in [0.1, 0.15) is 17.2 Å². The number of rotatable bonds is 7. The molecule has 7 rings (SSSR count). The number of phenolic OH excluding ortho intramolecular Hbond substituents is 1. The van der Waals surface area contributed by atoms with Crippen LogP contribution in [0.15, 0.2) is 79.2 Å². The van der Waals surface area contributed by atoms with E-state index in [1.807, 2.05) is 6.08 Å². The van der Waals surface area contributed by atoms with E-state index in [0.717, 1.165) is 4.57 Å². The minimum absolute atomic E-state index is 0.0132. The van der Waals surface area contributed by atoms with Gasteiger partial charge < -0.3 is 23.9 Å². The number of Topliss-reactive ketones (excluding diaryl/α,β-unsaturated/α-hetero) is 1. The second-order valence-corrected chi connectivity index (χ2v) is 12.2. The molecule has 14 heteroatoms. The average Bonchev–Trinajstić information content (AvgIpc) is 3.34. The molecule has 3 aliphatic rings. The van der Waals surface area contributed by atoms with Gasteiger partial charge in [0, 0.05) is 72.8 Å². The van der Waals surface area contributed by atoms with Crippen LogP contribution in [-0.4, -0.2) is 61.5 Å². The Morgan fingerprint density at radius 1 is 0.939 bits per heavy atom. The van der Waals surface area contributed by atoms with Crippen molar-refractivity contribution in [2.45, 2.75) is 44.8 Å². The van der Waals surface area contributed by atoms with Gasteiger partial charge in [0.2, 0.25) is 0 Å². The molecule has 0 amide bonds. The Bertz CT molecular complexity index is 2400. The number of aromatic hydroxyl groups is 1. The van der Waals surface area contributed by atoms with Crippen LogP contribution in [0.2, 0.25) is 0 Å². The summed E-state index contributed by atoms with van der Waals surface area (Å²) in [6.07, 6.45) is 3.14. The van der Waals surface area contributed by atoms with Crippen LogP contribution in [0.4, 0.5) is 0 Å². The lowest BCUT2D eigenvalue weighted by atomic mass is 9.68. The number of benzene rings is 2. The standard InChI is InChI=1S/C35H33N5O9/c1-17-12-26(42)31-21(32(17)43)14-24-19(30(31)20-7-6-18(41)13-27(20)47-3)8-11-39-34(45)38(35(46)40(24)39)10-9-22-33(44)37(2)25-16-29(49-5)28(48-4)15-23(25)36-22/h6-8,12-13,15-16,24,30,41H,9-11,14H2,1-5H3/t24-,30-/m1/s1. The van der Waals surface area contributed by atoms with Crippen LogP contribution in [0.5, 0.6) is 23.0 Å². The first-order valence-corrected chi connectivity index (χ1v) is 15.6. The van der Waals surface area contributed by atoms with Gasteiger partial charge in [0.05, 0.1) is 44.9 Å². The van der Waals surface area contributed by atoms with Crippen molar-refractivity contribution in [3.63, 3.8) is 0 Å². The van der Waals surface area contributed by atoms with Gasteiger partial charge in [0.25, 0.3) is 5.56 Å². The molecule has 252 valence electrons. The molecule has 2 aromatic heterocycles. The maximum absolute atomic E-state index is 14.1. The molecule has 2 atom stereocenters. The number of methoxy groups -OCH3 is 3. The molecular weight excluding hydrogens is 634 g/mol. The summed E-state index contributed by atoms with van der Waals surface area (Å²) in [6, 6.07) is 7.07. The molecule has 0 spiro atoms. The summed E-state index contributed by atoms with van der Waals surface area (Å²) < 4.78 is 21.5. The number of aromatic nitrogens is 5. The lowest BCUT2D eigenvalue weighted by molar-refractivity contribution is -0.116. The number of fused-ring (bicyclic) bond motifs is 4. The van der Waals surface area contributed by atoms with E-state index in [1.54, 1.807) is 32.2 Å². The molecule has 3 heterocycles. The van der Waals surface area contributed by atoms with Crippen molar-refractivity contribution in [2.75, 3.05) is 21.3 Å². The Labute approximate surface area is 278 Å². The number of allylic oxidation sites excluding steroid dienone is 6. The highest BCUT2D eigenvalue weighted by Gasteiger charge is 2.45. The molecule has 49 heavy (non-hydrogen) atoms. The number of aryl methyl sites for hydroxylation is 2. The normalized spacial score (nSPS) is 18.5. The van der Waals surface area contributed by atoms with E-state index in [-0.39, 0.29) is 71.2 Å². The van der Waals surface area contributed by atoms with Crippen LogP contribution < -0.4 is 31.1 Å². The zero-order valence-corrected chi connectivity index (χ0v) is 27.5. The average molecular weight is 668 g/mol. The van der Waals surface area contributed by atoms with Gasteiger partial charge in [-0.3, -0.25) is 14.4 Å². The molecule has 2 aromatic carbocycles. The highest BCUT2D eigenvalue weighted by Crippen LogP contribution is 2.51. The van der Waals surface area contributed by atoms with E-state index < -0.39 is 23.3 Å². The van der Waals surface area contributed by atoms with E-state index in [4.69, 9.17) is 14.2 Å². The maximum Gasteiger partial charge on any atom is 0.347 e. The SMILES string of the molecule is COc1cc2nc(CCn3c(=O)n4n(c3=O)[C@@H]3CC5=C(C(=O)C=C(C)C5=O)[C@@H](c5ccc(O)cc5OC)C3=CC4)c(=O)n(C)c2cc1OC. The second-order valence-electron chi connectivity index (χ2n) is 12.2. The molecule has 4 aromatic rings. The van der Waals surface area contributed by atoms with Crippen LogP contribution in [0.25, 0.3) is 11.0 Å². The number of hydrogen-bond acceptors (Lipinski definition) is 10. The molecule has 14 nitrogen and oxygen atoms in total. The molecule has 0 unspecified atom stereocenters. The topological polar surface area (TPSA) is 166 Å². The van der Waals surface area contributed by atoms with Crippen molar-refractivity contribution in [1.82, 2.24) is 23.5 Å². The van der Waals surface area contributed by atoms with Crippen molar-refractivity contribution in [2.24, 2.45) is 7.05 Å². The third-order valence-electron chi connectivity index (χ3n) is 9.66. The van der Waals surface area contributed by atoms with Crippen LogP contribution in [-0.2, 0) is 36.1 Å². The molecule has 0 radical (unpaired) electrons. The van der Waals surface area contributed by atoms with Crippen molar-refractivity contribution >= 4 is 22.6 Å². The van der Waals surface area contributed by atoms with Gasteiger partial charge in [-0.25, -0.2) is 28.5 Å². The molecule has 1 N–H and O–H groups in total. The highest BCUT2D eigenvalue weighted by atomic mass is 16.5. The summed E-state index contributed by atoms with van der Waals surface area (Å²) in [7, 11) is 6.03. The Kier molecular flexibility index (Phi) is 7.53. The van der Waals surface area contributed by atoms with E-state index in [2.05, 4.69) is 4.98 Å². The Morgan fingerprint density at radius 3 is 2.37 bits per heavy atom. The molecule has 0 fully saturated rings. The highest BCUT2D eigenvalue weighted by molar-refractivity contribution is 6.23. The van der Waals surface area contributed by atoms with Gasteiger partial charge in [-0.2, -0.15) is 0 Å². The quantitative estimate of drug-likeness (QED) is 0.228. The minimum atomic E-state index is -0.773. The molecule has 0 saturated heterocycles. The first-order chi connectivity index (χ1) is 23.5. The number of nitrogens with zero attached hydrogens (tertiary/aromatic N) is 5. The maximum atomic E-state index is 14.1. The zero-order chi connectivity index (χ0) is 34.9. The smallest absolute Gasteiger partial charge is 0.347 e. The van der Waals surface area contributed by atoms with Crippen molar-refractivity contribution < 1.29 is 28.9 Å². The molecule has 0 saturated carbocycles. The predicted molar refractivity (Wildman–Crippen MR) is 177 cm³/mol. The Balaban J connectivity index is 1.30. The van der Waals surface area contributed by atoms with E-state index in [1.165, 1.54) is 53.5 Å². The summed E-state index contributed by atoms with van der Waals surface area (Å²) in [5.74, 6) is -0.270. The van der Waals surface area contributed by atoms with Gasteiger partial charge >= 0.3 is 11.4 Å². The summed E-state index contributed by atoms with van der Waals surface area (Å²) in [6.45, 7) is 1.47. The molecule has 0 bridgehead atoms. The number of hydrogen-bond donors (Lipinski definition) is 1. The van der Waals surface area contributed by atoms with E-state index in [0.29, 0.717) is 39.4 Å². The number of ether oxygens (including phenoxy) is 3. The Hall–Kier alpha value is -5.92. The van der Waals surface area contributed by atoms with Gasteiger partial charge in [0.15, 0.2) is 23.1 Å². The lowest BCUT2D eigenvalue weighted by Crippen LogP contribution is -2.41. The number of ketones is 2. The fraction of sp³-hybridized carbons (Fsp3) is 0.314. The summed E-state index contributed by atoms with van der Waals surface area (Å²) >= 11 is 0. The van der Waals surface area contributed by atoms with Crippen LogP contribution in [0.3, 0.4) is 0 Å². The molecular formula is C35H33N5O9. The van der Waals surface area contributed by atoms with E-state index >= 15 is 0 Å². The predicted octanol–water partition coefficient (Wildman–Crippen LogP) is 2.10. The van der Waals surface area contributed by atoms with Gasteiger partial charge in [-0.15, -0.1) is 0 Å². The Morgan fingerprint density at radius 2 is 1.65 bits per heavy atom. The van der Waals surface area contributed by atoms with Crippen LogP contribution >= 0.6 is 0 Å². The van der Waals surface area contributed by atoms with Crippen LogP contribution in [0.1, 0.15) is 36.6 Å². The lowest BCUT2D eigenvalue weighted by Gasteiger charge is -2.39. The minimum Gasteiger partial charge on any atom is -0.508 e. The summed E-state index contributed by atoms with van der Waals surface area (Å²) in [5.41, 5.74) is 1.60. The number of carbonyl (C=O) groups is 2. The zero-order valence-electron chi connectivity index (χ0n) is 27.5. The summed E-state index contributed by atoms with van der Waals surface area (Å²) in [4.78, 5) is 72.8. The largest absolute Gasteiger partial charge is 0.508 e. The van der Waals surface area contributed by atoms with Crippen molar-refractivity contribution in [1.29, 1.82) is 0 Å². The first kappa shape index (κ1) is 31.7. The van der Waals surface area contributed by atoms with Crippen molar-refractivity contribution in [3.05, 3.63) is 107 Å². The first-order valence-electron chi connectivity index (χ1n) is 15.6. The third kappa shape index (κ3) is 4.77. The summed E-state index contributed by atoms with van der Waals surface area (Å²) in [5, 5.41) is 10.2. The van der Waals surface area contributed by atoms with Gasteiger partial charge in [-0.1, -0.05) is 12.1 Å². The fourth-order valence-corrected chi connectivity index (χ4v) is 7.28. The second kappa shape index (κ2) is 11.6. The third-order valence-corrected chi connectivity index (χ3v) is 9.66. The van der Waals surface area contributed by atoms with Gasteiger partial charge in [-0.05, 0) is 24.6 Å². The molecule has 2 aliphatic carbocycles.